The molecule has 0 spiro atoms. The number of amides is 7. The molecule has 3 rings (SSSR count). The van der Waals surface area contributed by atoms with Crippen LogP contribution in [0.3, 0.4) is 0 Å². The van der Waals surface area contributed by atoms with Crippen molar-refractivity contribution in [2.75, 3.05) is 37.6 Å². The Bertz CT molecular complexity index is 1770. The molecule has 0 radical (unpaired) electrons. The van der Waals surface area contributed by atoms with E-state index in [-0.39, 0.29) is 38.0 Å². The number of likely N-dealkylation sites (N-methyl/N-ethyl adjacent to an activating group) is 1. The number of benzene rings is 2. The van der Waals surface area contributed by atoms with Crippen molar-refractivity contribution in [1.29, 1.82) is 0 Å². The number of hydrogen-bond donors (Lipinski definition) is 8. The van der Waals surface area contributed by atoms with Crippen LogP contribution in [0.15, 0.2) is 54.6 Å². The number of aryl methyl sites for hydroxylation is 2. The smallest absolute Gasteiger partial charge is 0.326 e. The number of carbonyl (C=O) groups is 7. The standard InChI is InChI=1S/C44H65N7O9S2/c1-6-28(2)37(43(58)59)50-44(60)49-32-14-10-11-25-45-38(53)33(23-26-61-4)47-41(56)36(22-18-30-15-19-31(52)20-16-30)51(3)42(57)35(21-17-29-12-8-7-9-13-29)48-40(55)34(24-27-62-5)46-39(32)54/h7-9,12-13,15-16,19-20,28,32-37,52H,6,10-11,14,17-18,21-27H2,1-5H3,(H,45,53)(H,46,54)(H,47,56)(H,48,55)(H,58,59)(H2,49,50,60). The van der Waals surface area contributed by atoms with Crippen LogP contribution < -0.4 is 31.9 Å². The van der Waals surface area contributed by atoms with E-state index in [2.05, 4.69) is 31.9 Å². The van der Waals surface area contributed by atoms with Gasteiger partial charge in [-0.25, -0.2) is 9.59 Å². The predicted molar refractivity (Wildman–Crippen MR) is 243 cm³/mol. The SMILES string of the molecule is CCC(C)C(NC(=O)NC1CCCCNC(=O)C(CCSC)NC(=O)C(CCc2ccc(O)cc2)N(C)C(=O)C(CCc2ccccc2)NC(=O)C(CCSC)NC1=O)C(=O)O. The van der Waals surface area contributed by atoms with Crippen molar-refractivity contribution in [3.05, 3.63) is 65.7 Å². The predicted octanol–water partition coefficient (Wildman–Crippen LogP) is 3.21. The summed E-state index contributed by atoms with van der Waals surface area (Å²) < 4.78 is 0. The first kappa shape index (κ1) is 51.4. The van der Waals surface area contributed by atoms with Crippen LogP contribution in [-0.4, -0.2) is 131 Å². The number of carboxylic acid groups (broad SMARTS) is 1. The zero-order valence-electron chi connectivity index (χ0n) is 36.4. The summed E-state index contributed by atoms with van der Waals surface area (Å²) in [6.45, 7) is 3.68. The fourth-order valence-electron chi connectivity index (χ4n) is 7.00. The Kier molecular flexibility index (Phi) is 22.5. The Morgan fingerprint density at radius 2 is 1.35 bits per heavy atom. The van der Waals surface area contributed by atoms with Crippen molar-refractivity contribution in [3.63, 3.8) is 0 Å². The molecule has 0 saturated carbocycles. The van der Waals surface area contributed by atoms with Gasteiger partial charge in [0.2, 0.25) is 29.5 Å². The lowest BCUT2D eigenvalue weighted by atomic mass is 9.99. The van der Waals surface area contributed by atoms with E-state index < -0.39 is 83.7 Å². The van der Waals surface area contributed by atoms with E-state index in [9.17, 15) is 43.8 Å². The van der Waals surface area contributed by atoms with Crippen molar-refractivity contribution >= 4 is 65.1 Å². The largest absolute Gasteiger partial charge is 0.508 e. The van der Waals surface area contributed by atoms with Gasteiger partial charge in [0.15, 0.2) is 0 Å². The fourth-order valence-corrected chi connectivity index (χ4v) is 7.94. The molecule has 1 saturated heterocycles. The lowest BCUT2D eigenvalue weighted by molar-refractivity contribution is -0.143. The average molecular weight is 900 g/mol. The summed E-state index contributed by atoms with van der Waals surface area (Å²) in [5.74, 6) is -3.34. The molecule has 1 heterocycles. The molecule has 16 nitrogen and oxygen atoms in total. The maximum Gasteiger partial charge on any atom is 0.326 e. The highest BCUT2D eigenvalue weighted by Crippen LogP contribution is 2.18. The molecule has 8 N–H and O–H groups in total. The number of phenols is 1. The molecule has 7 unspecified atom stereocenters. The van der Waals surface area contributed by atoms with Crippen LogP contribution in [0.4, 0.5) is 4.79 Å². The third-order valence-electron chi connectivity index (χ3n) is 11.0. The van der Waals surface area contributed by atoms with Crippen molar-refractivity contribution in [3.8, 4) is 5.75 Å². The molecular formula is C44H65N7O9S2. The number of aliphatic carboxylic acids is 1. The Morgan fingerprint density at radius 1 is 0.774 bits per heavy atom. The van der Waals surface area contributed by atoms with Gasteiger partial charge in [-0.1, -0.05) is 62.7 Å². The van der Waals surface area contributed by atoms with Crippen molar-refractivity contribution in [2.45, 2.75) is 114 Å². The van der Waals surface area contributed by atoms with E-state index in [1.54, 1.807) is 26.0 Å². The Hall–Kier alpha value is -4.97. The van der Waals surface area contributed by atoms with Gasteiger partial charge in [0.05, 0.1) is 0 Å². The summed E-state index contributed by atoms with van der Waals surface area (Å²) in [5, 5.41) is 36.2. The molecule has 62 heavy (non-hydrogen) atoms. The summed E-state index contributed by atoms with van der Waals surface area (Å²) in [7, 11) is 1.50. The van der Waals surface area contributed by atoms with E-state index in [0.717, 1.165) is 11.1 Å². The second-order valence-electron chi connectivity index (χ2n) is 15.6. The van der Waals surface area contributed by atoms with Crippen molar-refractivity contribution in [2.24, 2.45) is 5.92 Å². The van der Waals surface area contributed by atoms with Gasteiger partial charge in [0, 0.05) is 13.6 Å². The number of carbonyl (C=O) groups excluding carboxylic acids is 6. The maximum atomic E-state index is 14.7. The average Bonchev–Trinajstić information content (AvgIpc) is 3.26. The van der Waals surface area contributed by atoms with Crippen LogP contribution >= 0.6 is 23.5 Å². The maximum absolute atomic E-state index is 14.7. The zero-order valence-corrected chi connectivity index (χ0v) is 38.1. The molecule has 1 aliphatic heterocycles. The summed E-state index contributed by atoms with van der Waals surface area (Å²) >= 11 is 2.96. The highest BCUT2D eigenvalue weighted by atomic mass is 32.2. The fraction of sp³-hybridized carbons (Fsp3) is 0.568. The lowest BCUT2D eigenvalue weighted by Crippen LogP contribution is -2.60. The summed E-state index contributed by atoms with van der Waals surface area (Å²) in [5.41, 5.74) is 1.72. The molecule has 1 aliphatic rings. The first-order valence-electron chi connectivity index (χ1n) is 21.2. The number of urea groups is 1. The Morgan fingerprint density at radius 3 is 1.97 bits per heavy atom. The minimum atomic E-state index is -1.22. The molecule has 0 bridgehead atoms. The molecule has 2 aromatic carbocycles. The number of aromatic hydroxyl groups is 1. The van der Waals surface area contributed by atoms with Crippen molar-refractivity contribution < 1.29 is 43.8 Å². The summed E-state index contributed by atoms with van der Waals surface area (Å²) in [4.78, 5) is 97.5. The minimum absolute atomic E-state index is 0.0839. The van der Waals surface area contributed by atoms with E-state index >= 15 is 0 Å². The first-order chi connectivity index (χ1) is 29.7. The number of nitrogens with one attached hydrogen (secondary N) is 6. The number of thioether (sulfide) groups is 2. The van der Waals surface area contributed by atoms with E-state index in [0.29, 0.717) is 50.0 Å². The monoisotopic (exact) mass is 899 g/mol. The van der Waals surface area contributed by atoms with Crippen LogP contribution in [0, 0.1) is 5.92 Å². The van der Waals surface area contributed by atoms with E-state index in [1.807, 2.05) is 42.8 Å². The number of rotatable bonds is 17. The third kappa shape index (κ3) is 17.1. The van der Waals surface area contributed by atoms with Crippen LogP contribution in [0.1, 0.15) is 76.3 Å². The summed E-state index contributed by atoms with van der Waals surface area (Å²) in [6, 6.07) is 8.41. The van der Waals surface area contributed by atoms with Crippen molar-refractivity contribution in [1.82, 2.24) is 36.8 Å². The van der Waals surface area contributed by atoms with Gasteiger partial charge >= 0.3 is 12.0 Å². The quantitative estimate of drug-likeness (QED) is 0.115. The number of phenolic OH excluding ortho intramolecular Hbond substituents is 1. The van der Waals surface area contributed by atoms with Gasteiger partial charge in [-0.2, -0.15) is 23.5 Å². The third-order valence-corrected chi connectivity index (χ3v) is 12.3. The van der Waals surface area contributed by atoms with Gasteiger partial charge in [-0.15, -0.1) is 0 Å². The second kappa shape index (κ2) is 27.2. The molecule has 0 aliphatic carbocycles. The summed E-state index contributed by atoms with van der Waals surface area (Å²) in [6.07, 6.45) is 6.58. The van der Waals surface area contributed by atoms with E-state index in [4.69, 9.17) is 0 Å². The Labute approximate surface area is 373 Å². The normalized spacial score (nSPS) is 22.0. The second-order valence-corrected chi connectivity index (χ2v) is 17.6. The molecule has 7 amide bonds. The van der Waals surface area contributed by atoms with Gasteiger partial charge < -0.3 is 47.0 Å². The molecule has 1 fully saturated rings. The molecular weight excluding hydrogens is 835 g/mol. The number of nitrogens with zero attached hydrogens (tertiary/aromatic N) is 1. The topological polar surface area (TPSA) is 235 Å². The first-order valence-corrected chi connectivity index (χ1v) is 24.0. The molecule has 7 atom stereocenters. The van der Waals surface area contributed by atoms with Gasteiger partial charge in [0.1, 0.15) is 42.0 Å². The van der Waals surface area contributed by atoms with Gasteiger partial charge in [0.25, 0.3) is 0 Å². The molecule has 0 aromatic heterocycles. The van der Waals surface area contributed by atoms with Gasteiger partial charge in [-0.3, -0.25) is 24.0 Å². The van der Waals surface area contributed by atoms with Crippen LogP contribution in [-0.2, 0) is 41.6 Å². The lowest BCUT2D eigenvalue weighted by Gasteiger charge is -2.33. The molecule has 18 heteroatoms. The highest BCUT2D eigenvalue weighted by Gasteiger charge is 2.36. The zero-order chi connectivity index (χ0) is 45.6. The highest BCUT2D eigenvalue weighted by molar-refractivity contribution is 7.98. The van der Waals surface area contributed by atoms with Crippen LogP contribution in [0.5, 0.6) is 5.75 Å². The number of hydrogen-bond acceptors (Lipinski definition) is 10. The molecule has 2 aromatic rings. The van der Waals surface area contributed by atoms with Crippen LogP contribution in [0.25, 0.3) is 0 Å². The van der Waals surface area contributed by atoms with Gasteiger partial charge in [-0.05, 0) is 111 Å². The Balaban J connectivity index is 2.05. The van der Waals surface area contributed by atoms with Crippen LogP contribution in [0.2, 0.25) is 0 Å². The minimum Gasteiger partial charge on any atom is -0.508 e. The number of carboxylic acids is 1. The van der Waals surface area contributed by atoms with E-state index in [1.165, 1.54) is 47.6 Å². The molecule has 342 valence electrons.